The molecule has 68 valence electrons. The third-order valence-corrected chi connectivity index (χ3v) is 2.23. The summed E-state index contributed by atoms with van der Waals surface area (Å²) in [5, 5.41) is 4.38. The van der Waals surface area contributed by atoms with Gasteiger partial charge in [0.2, 0.25) is 0 Å². The lowest BCUT2D eigenvalue weighted by Crippen LogP contribution is -1.96. The number of hydrogen-bond donors (Lipinski definition) is 0. The van der Waals surface area contributed by atoms with Gasteiger partial charge in [0.25, 0.3) is 0 Å². The first-order valence-electron chi connectivity index (χ1n) is 4.73. The van der Waals surface area contributed by atoms with E-state index in [9.17, 15) is 0 Å². The summed E-state index contributed by atoms with van der Waals surface area (Å²) in [7, 11) is 1.97. The van der Waals surface area contributed by atoms with Crippen molar-refractivity contribution in [1.29, 1.82) is 0 Å². The zero-order chi connectivity index (χ0) is 8.97. The zero-order valence-electron chi connectivity index (χ0n) is 8.25. The van der Waals surface area contributed by atoms with Gasteiger partial charge in [-0.3, -0.25) is 4.68 Å². The second-order valence-corrected chi connectivity index (χ2v) is 3.46. The molecule has 1 atom stereocenters. The first-order chi connectivity index (χ1) is 5.74. The molecule has 1 aromatic rings. The van der Waals surface area contributed by atoms with Crippen LogP contribution in [0.2, 0.25) is 0 Å². The molecule has 0 spiro atoms. The maximum atomic E-state index is 4.38. The second-order valence-electron chi connectivity index (χ2n) is 3.46. The van der Waals surface area contributed by atoms with Crippen LogP contribution in [0.25, 0.3) is 0 Å². The van der Waals surface area contributed by atoms with Crippen LogP contribution in [-0.4, -0.2) is 9.78 Å². The first kappa shape index (κ1) is 9.30. The Morgan fingerprint density at radius 1 is 1.58 bits per heavy atom. The minimum Gasteiger partial charge on any atom is -0.276 e. The van der Waals surface area contributed by atoms with Crippen LogP contribution in [-0.2, 0) is 7.05 Å². The van der Waals surface area contributed by atoms with Gasteiger partial charge in [-0.05, 0) is 12.5 Å². The molecule has 0 amide bonds. The van der Waals surface area contributed by atoms with E-state index in [4.69, 9.17) is 0 Å². The van der Waals surface area contributed by atoms with Crippen LogP contribution in [0.5, 0.6) is 0 Å². The summed E-state index contributed by atoms with van der Waals surface area (Å²) < 4.78 is 1.87. The van der Waals surface area contributed by atoms with Crippen molar-refractivity contribution in [2.75, 3.05) is 0 Å². The predicted octanol–water partition coefficient (Wildman–Crippen LogP) is 2.71. The molecule has 2 heteroatoms. The smallest absolute Gasteiger partial charge is 0.0652 e. The van der Waals surface area contributed by atoms with E-state index < -0.39 is 0 Å². The summed E-state index contributed by atoms with van der Waals surface area (Å²) >= 11 is 0. The fraction of sp³-hybridized carbons (Fsp3) is 0.700. The summed E-state index contributed by atoms with van der Waals surface area (Å²) in [6, 6.07) is 2.11. The topological polar surface area (TPSA) is 17.8 Å². The van der Waals surface area contributed by atoms with E-state index in [1.54, 1.807) is 0 Å². The van der Waals surface area contributed by atoms with Gasteiger partial charge < -0.3 is 0 Å². The summed E-state index contributed by atoms with van der Waals surface area (Å²) in [5.41, 5.74) is 1.23. The van der Waals surface area contributed by atoms with Crippen molar-refractivity contribution in [2.24, 2.45) is 7.05 Å². The van der Waals surface area contributed by atoms with Crippen molar-refractivity contribution in [2.45, 2.75) is 39.0 Å². The minimum absolute atomic E-state index is 0.617. The molecule has 1 rings (SSSR count). The number of aryl methyl sites for hydroxylation is 1. The van der Waals surface area contributed by atoms with Crippen molar-refractivity contribution in [3.05, 3.63) is 18.0 Å². The van der Waals surface area contributed by atoms with E-state index in [2.05, 4.69) is 25.0 Å². The van der Waals surface area contributed by atoms with Crippen molar-refractivity contribution in [3.8, 4) is 0 Å². The standard InChI is InChI=1S/C10H18N2/c1-4-5-6-9(2)10-7-8-12(3)11-10/h7-9H,4-6H2,1-3H3. The average molecular weight is 166 g/mol. The van der Waals surface area contributed by atoms with Crippen molar-refractivity contribution in [3.63, 3.8) is 0 Å². The lowest BCUT2D eigenvalue weighted by atomic mass is 10.0. The summed E-state index contributed by atoms with van der Waals surface area (Å²) in [5.74, 6) is 0.617. The third kappa shape index (κ3) is 2.36. The van der Waals surface area contributed by atoms with Gasteiger partial charge in [0.1, 0.15) is 0 Å². The lowest BCUT2D eigenvalue weighted by molar-refractivity contribution is 0.598. The highest BCUT2D eigenvalue weighted by Gasteiger charge is 2.06. The maximum Gasteiger partial charge on any atom is 0.0652 e. The highest BCUT2D eigenvalue weighted by atomic mass is 15.2. The quantitative estimate of drug-likeness (QED) is 0.672. The summed E-state index contributed by atoms with van der Waals surface area (Å²) in [6.45, 7) is 4.48. The summed E-state index contributed by atoms with van der Waals surface area (Å²) in [6.07, 6.45) is 5.85. The van der Waals surface area contributed by atoms with E-state index in [1.807, 2.05) is 17.9 Å². The average Bonchev–Trinajstić information content (AvgIpc) is 2.47. The van der Waals surface area contributed by atoms with E-state index in [1.165, 1.54) is 25.0 Å². The van der Waals surface area contributed by atoms with Crippen molar-refractivity contribution in [1.82, 2.24) is 9.78 Å². The molecule has 0 aromatic carbocycles. The van der Waals surface area contributed by atoms with Gasteiger partial charge >= 0.3 is 0 Å². The Hall–Kier alpha value is -0.790. The molecule has 0 radical (unpaired) electrons. The SMILES string of the molecule is CCCCC(C)c1ccn(C)n1. The van der Waals surface area contributed by atoms with Crippen LogP contribution < -0.4 is 0 Å². The molecule has 0 aliphatic carbocycles. The summed E-state index contributed by atoms with van der Waals surface area (Å²) in [4.78, 5) is 0. The number of hydrogen-bond acceptors (Lipinski definition) is 1. The van der Waals surface area contributed by atoms with Gasteiger partial charge in [-0.15, -0.1) is 0 Å². The Kier molecular flexibility index (Phi) is 3.32. The Bertz CT molecular complexity index is 227. The number of unbranched alkanes of at least 4 members (excludes halogenated alkanes) is 1. The minimum atomic E-state index is 0.617. The number of nitrogens with zero attached hydrogens (tertiary/aromatic N) is 2. The highest BCUT2D eigenvalue weighted by molar-refractivity contribution is 5.04. The lowest BCUT2D eigenvalue weighted by Gasteiger charge is -2.06. The van der Waals surface area contributed by atoms with Crippen molar-refractivity contribution >= 4 is 0 Å². The van der Waals surface area contributed by atoms with E-state index in [-0.39, 0.29) is 0 Å². The van der Waals surface area contributed by atoms with Crippen LogP contribution in [0.15, 0.2) is 12.3 Å². The Morgan fingerprint density at radius 3 is 2.83 bits per heavy atom. The molecular formula is C10H18N2. The fourth-order valence-corrected chi connectivity index (χ4v) is 1.35. The van der Waals surface area contributed by atoms with E-state index >= 15 is 0 Å². The van der Waals surface area contributed by atoms with Crippen LogP contribution in [0.3, 0.4) is 0 Å². The van der Waals surface area contributed by atoms with Crippen LogP contribution in [0.4, 0.5) is 0 Å². The largest absolute Gasteiger partial charge is 0.276 e. The molecule has 0 bridgehead atoms. The Labute approximate surface area is 74.6 Å². The molecule has 0 N–H and O–H groups in total. The van der Waals surface area contributed by atoms with Crippen LogP contribution >= 0.6 is 0 Å². The molecule has 0 aliphatic rings. The second kappa shape index (κ2) is 4.29. The fourth-order valence-electron chi connectivity index (χ4n) is 1.35. The van der Waals surface area contributed by atoms with Gasteiger partial charge in [0.15, 0.2) is 0 Å². The monoisotopic (exact) mass is 166 g/mol. The van der Waals surface area contributed by atoms with Gasteiger partial charge in [0, 0.05) is 19.2 Å². The highest BCUT2D eigenvalue weighted by Crippen LogP contribution is 2.18. The number of aromatic nitrogens is 2. The molecular weight excluding hydrogens is 148 g/mol. The van der Waals surface area contributed by atoms with Gasteiger partial charge in [-0.2, -0.15) is 5.10 Å². The van der Waals surface area contributed by atoms with E-state index in [0.29, 0.717) is 5.92 Å². The number of rotatable bonds is 4. The van der Waals surface area contributed by atoms with Gasteiger partial charge in [-0.25, -0.2) is 0 Å². The Morgan fingerprint density at radius 2 is 2.33 bits per heavy atom. The first-order valence-corrected chi connectivity index (χ1v) is 4.73. The maximum absolute atomic E-state index is 4.38. The molecule has 0 saturated heterocycles. The molecule has 0 saturated carbocycles. The Balaban J connectivity index is 2.47. The van der Waals surface area contributed by atoms with Crippen molar-refractivity contribution < 1.29 is 0 Å². The molecule has 1 unspecified atom stereocenters. The van der Waals surface area contributed by atoms with Gasteiger partial charge in [0.05, 0.1) is 5.69 Å². The molecule has 0 fully saturated rings. The van der Waals surface area contributed by atoms with Crippen LogP contribution in [0.1, 0.15) is 44.7 Å². The predicted molar refractivity (Wildman–Crippen MR) is 51.1 cm³/mol. The molecule has 1 heterocycles. The van der Waals surface area contributed by atoms with Crippen LogP contribution in [0, 0.1) is 0 Å². The normalized spacial score (nSPS) is 13.2. The molecule has 12 heavy (non-hydrogen) atoms. The molecule has 1 aromatic heterocycles. The molecule has 2 nitrogen and oxygen atoms in total. The third-order valence-electron chi connectivity index (χ3n) is 2.23. The molecule has 0 aliphatic heterocycles. The van der Waals surface area contributed by atoms with E-state index in [0.717, 1.165) is 0 Å². The zero-order valence-corrected chi connectivity index (χ0v) is 8.25. The van der Waals surface area contributed by atoms with Gasteiger partial charge in [-0.1, -0.05) is 26.7 Å².